The number of rotatable bonds is 6. The van der Waals surface area contributed by atoms with Crippen LogP contribution in [0.25, 0.3) is 0 Å². The van der Waals surface area contributed by atoms with E-state index in [4.69, 9.17) is 23.2 Å². The van der Waals surface area contributed by atoms with Crippen LogP contribution in [0.2, 0.25) is 10.0 Å². The molecule has 1 heterocycles. The Bertz CT molecular complexity index is 1220. The van der Waals surface area contributed by atoms with E-state index < -0.39 is 30.3 Å². The van der Waals surface area contributed by atoms with E-state index in [1.807, 2.05) is 0 Å². The Kier molecular flexibility index (Phi) is 7.82. The zero-order valence-corrected chi connectivity index (χ0v) is 21.5. The highest BCUT2D eigenvalue weighted by Gasteiger charge is 2.59. The van der Waals surface area contributed by atoms with Crippen LogP contribution >= 0.6 is 23.2 Å². The molecule has 1 saturated carbocycles. The molecule has 0 bridgehead atoms. The van der Waals surface area contributed by atoms with Crippen LogP contribution in [0, 0.1) is 6.92 Å². The molecule has 1 atom stereocenters. The summed E-state index contributed by atoms with van der Waals surface area (Å²) in [6.45, 7) is 0.00185. The van der Waals surface area contributed by atoms with Crippen molar-refractivity contribution < 1.29 is 36.0 Å². The van der Waals surface area contributed by atoms with Crippen molar-refractivity contribution in [2.75, 3.05) is 24.6 Å². The number of nitrogens with one attached hydrogen (secondary N) is 1. The van der Waals surface area contributed by atoms with Crippen LogP contribution in [-0.2, 0) is 10.3 Å². The number of hydrogen-bond acceptors (Lipinski definition) is 4. The first kappa shape index (κ1) is 28.4. The second-order valence-electron chi connectivity index (χ2n) is 9.53. The molecule has 2 aromatic rings. The minimum atomic E-state index is -4.55. The molecule has 5 nitrogen and oxygen atoms in total. The predicted molar refractivity (Wildman–Crippen MR) is 132 cm³/mol. The number of alkyl halides is 6. The SMILES string of the molecule is Cc1cc(N2CCC(c3cc(Cl)cc(Cl)c3)(C(F)(F)F)C2)ccc1C(=O)NC1CC(=NOCC(F)(F)F)C1. The molecule has 0 spiro atoms. The second kappa shape index (κ2) is 10.5. The molecule has 1 N–H and O–H groups in total. The normalized spacial score (nSPS) is 21.8. The van der Waals surface area contributed by atoms with Gasteiger partial charge in [0.25, 0.3) is 5.91 Å². The lowest BCUT2D eigenvalue weighted by molar-refractivity contribution is -0.184. The highest BCUT2D eigenvalue weighted by Crippen LogP contribution is 2.49. The minimum Gasteiger partial charge on any atom is -0.386 e. The summed E-state index contributed by atoms with van der Waals surface area (Å²) >= 11 is 12.0. The molecule has 1 amide bonds. The van der Waals surface area contributed by atoms with Gasteiger partial charge in [-0.25, -0.2) is 0 Å². The zero-order valence-electron chi connectivity index (χ0n) is 20.0. The van der Waals surface area contributed by atoms with Gasteiger partial charge in [-0.3, -0.25) is 4.79 Å². The van der Waals surface area contributed by atoms with Gasteiger partial charge in [-0.15, -0.1) is 0 Å². The van der Waals surface area contributed by atoms with Gasteiger partial charge in [-0.2, -0.15) is 26.3 Å². The molecule has 2 aliphatic rings. The molecule has 1 saturated heterocycles. The number of amides is 1. The largest absolute Gasteiger partial charge is 0.425 e. The summed E-state index contributed by atoms with van der Waals surface area (Å²) in [5.41, 5.74) is -0.288. The Morgan fingerprint density at radius 1 is 1.11 bits per heavy atom. The molecule has 38 heavy (non-hydrogen) atoms. The van der Waals surface area contributed by atoms with Crippen molar-refractivity contribution in [2.24, 2.45) is 5.16 Å². The number of anilines is 1. The lowest BCUT2D eigenvalue weighted by atomic mass is 9.79. The smallest absolute Gasteiger partial charge is 0.386 e. The fourth-order valence-electron chi connectivity index (χ4n) is 4.74. The van der Waals surface area contributed by atoms with Gasteiger partial charge in [-0.05, 0) is 60.9 Å². The van der Waals surface area contributed by atoms with Crippen LogP contribution in [0.4, 0.5) is 32.0 Å². The molecule has 2 aromatic carbocycles. The lowest BCUT2D eigenvalue weighted by Gasteiger charge is -2.33. The predicted octanol–water partition coefficient (Wildman–Crippen LogP) is 6.84. The highest BCUT2D eigenvalue weighted by molar-refractivity contribution is 6.34. The molecule has 2 fully saturated rings. The summed E-state index contributed by atoms with van der Waals surface area (Å²) in [6.07, 6.45) is -8.68. The number of carbonyl (C=O) groups is 1. The molecule has 1 unspecified atom stereocenters. The van der Waals surface area contributed by atoms with E-state index in [0.29, 0.717) is 22.5 Å². The summed E-state index contributed by atoms with van der Waals surface area (Å²) in [7, 11) is 0. The maximum atomic E-state index is 14.4. The topological polar surface area (TPSA) is 53.9 Å². The van der Waals surface area contributed by atoms with Crippen molar-refractivity contribution in [3.63, 3.8) is 0 Å². The average molecular weight is 582 g/mol. The number of hydrogen-bond donors (Lipinski definition) is 1. The van der Waals surface area contributed by atoms with Gasteiger partial charge < -0.3 is 15.1 Å². The Labute approximate surface area is 224 Å². The van der Waals surface area contributed by atoms with Crippen LogP contribution in [0.5, 0.6) is 0 Å². The number of oxime groups is 1. The molecular formula is C25H23Cl2F6N3O2. The van der Waals surface area contributed by atoms with Gasteiger partial charge in [0, 0.05) is 53.3 Å². The van der Waals surface area contributed by atoms with Crippen LogP contribution < -0.4 is 10.2 Å². The molecule has 0 aromatic heterocycles. The number of aryl methyl sites for hydroxylation is 1. The van der Waals surface area contributed by atoms with E-state index in [1.165, 1.54) is 18.2 Å². The van der Waals surface area contributed by atoms with Gasteiger partial charge in [0.2, 0.25) is 6.61 Å². The van der Waals surface area contributed by atoms with E-state index in [0.717, 1.165) is 0 Å². The zero-order chi connectivity index (χ0) is 27.9. The molecule has 1 aliphatic heterocycles. The molecule has 0 radical (unpaired) electrons. The van der Waals surface area contributed by atoms with E-state index in [-0.39, 0.29) is 54.0 Å². The van der Waals surface area contributed by atoms with Crippen molar-refractivity contribution in [3.8, 4) is 0 Å². The number of carbonyl (C=O) groups excluding carboxylic acids is 1. The van der Waals surface area contributed by atoms with Crippen molar-refractivity contribution in [3.05, 3.63) is 63.1 Å². The van der Waals surface area contributed by atoms with Crippen molar-refractivity contribution in [1.29, 1.82) is 0 Å². The van der Waals surface area contributed by atoms with Crippen molar-refractivity contribution in [1.82, 2.24) is 5.32 Å². The fraction of sp³-hybridized carbons (Fsp3) is 0.440. The van der Waals surface area contributed by atoms with Gasteiger partial charge >= 0.3 is 12.4 Å². The van der Waals surface area contributed by atoms with E-state index >= 15 is 0 Å². The summed E-state index contributed by atoms with van der Waals surface area (Å²) in [5, 5.41) is 6.45. The first-order valence-corrected chi connectivity index (χ1v) is 12.4. The summed E-state index contributed by atoms with van der Waals surface area (Å²) < 4.78 is 79.5. The van der Waals surface area contributed by atoms with Gasteiger partial charge in [0.05, 0.1) is 5.71 Å². The number of halogens is 8. The van der Waals surface area contributed by atoms with Gasteiger partial charge in [0.1, 0.15) is 5.41 Å². The van der Waals surface area contributed by atoms with E-state index in [1.54, 1.807) is 30.0 Å². The van der Waals surface area contributed by atoms with Crippen molar-refractivity contribution in [2.45, 2.75) is 50.0 Å². The minimum absolute atomic E-state index is 0.00457. The maximum absolute atomic E-state index is 14.4. The Balaban J connectivity index is 1.42. The Hall–Kier alpha value is -2.66. The quantitative estimate of drug-likeness (QED) is 0.300. The van der Waals surface area contributed by atoms with Crippen LogP contribution in [0.1, 0.15) is 40.7 Å². The number of nitrogens with zero attached hydrogens (tertiary/aromatic N) is 2. The lowest BCUT2D eigenvalue weighted by Crippen LogP contribution is -2.45. The number of benzene rings is 2. The molecule has 206 valence electrons. The summed E-state index contributed by atoms with van der Waals surface area (Å²) in [6, 6.07) is 8.47. The monoisotopic (exact) mass is 581 g/mol. The Morgan fingerprint density at radius 3 is 2.34 bits per heavy atom. The van der Waals surface area contributed by atoms with Crippen molar-refractivity contribution >= 4 is 40.5 Å². The first-order valence-electron chi connectivity index (χ1n) is 11.6. The Morgan fingerprint density at radius 2 is 1.76 bits per heavy atom. The summed E-state index contributed by atoms with van der Waals surface area (Å²) in [4.78, 5) is 18.6. The standard InChI is InChI=1S/C25H23Cl2F6N3O2/c1-14-6-20(2-3-21(14)22(37)34-18-10-19(11-18)35-38-13-24(28,29)30)36-5-4-23(12-36,25(31,32)33)15-7-16(26)9-17(27)8-15/h2-3,6-9,18H,4-5,10-13H2,1H3,(H,34,37). The maximum Gasteiger partial charge on any atom is 0.425 e. The third-order valence-electron chi connectivity index (χ3n) is 6.77. The molecule has 13 heteroatoms. The van der Waals surface area contributed by atoms with Gasteiger partial charge in [0.15, 0.2) is 0 Å². The second-order valence-corrected chi connectivity index (χ2v) is 10.4. The average Bonchev–Trinajstić information content (AvgIpc) is 3.23. The van der Waals surface area contributed by atoms with Crippen LogP contribution in [0.15, 0.2) is 41.6 Å². The third kappa shape index (κ3) is 6.14. The first-order chi connectivity index (χ1) is 17.7. The summed E-state index contributed by atoms with van der Waals surface area (Å²) in [5.74, 6) is -0.395. The fourth-order valence-corrected chi connectivity index (χ4v) is 5.26. The molecule has 1 aliphatic carbocycles. The van der Waals surface area contributed by atoms with Crippen LogP contribution in [-0.4, -0.2) is 49.7 Å². The van der Waals surface area contributed by atoms with Crippen LogP contribution in [0.3, 0.4) is 0 Å². The third-order valence-corrected chi connectivity index (χ3v) is 7.20. The highest BCUT2D eigenvalue weighted by atomic mass is 35.5. The van der Waals surface area contributed by atoms with Gasteiger partial charge in [-0.1, -0.05) is 28.4 Å². The molecule has 4 rings (SSSR count). The molecular weight excluding hydrogens is 559 g/mol. The van der Waals surface area contributed by atoms with E-state index in [2.05, 4.69) is 15.3 Å². The van der Waals surface area contributed by atoms with E-state index in [9.17, 15) is 31.1 Å².